The predicted octanol–water partition coefficient (Wildman–Crippen LogP) is 1.93. The molecule has 1 fully saturated rings. The lowest BCUT2D eigenvalue weighted by Crippen LogP contribution is -2.31. The average molecular weight is 406 g/mol. The number of nitrogens with one attached hydrogen (secondary N) is 1. The van der Waals surface area contributed by atoms with Gasteiger partial charge in [-0.2, -0.15) is 0 Å². The minimum Gasteiger partial charge on any atom is -0.486 e. The van der Waals surface area contributed by atoms with Crippen LogP contribution >= 0.6 is 0 Å². The summed E-state index contributed by atoms with van der Waals surface area (Å²) in [6.07, 6.45) is 0.223. The molecule has 0 unspecified atom stereocenters. The normalized spacial score (nSPS) is 19.1. The number of carbonyl (C=O) groups excluding carboxylic acids is 1. The maximum Gasteiger partial charge on any atom is 0.240 e. The summed E-state index contributed by atoms with van der Waals surface area (Å²) >= 11 is 0. The van der Waals surface area contributed by atoms with Gasteiger partial charge in [0, 0.05) is 31.3 Å². The molecular formula is C19H19FN2O5S. The highest BCUT2D eigenvalue weighted by molar-refractivity contribution is 7.89. The quantitative estimate of drug-likeness (QED) is 0.820. The first kappa shape index (κ1) is 18.7. The Morgan fingerprint density at radius 2 is 1.79 bits per heavy atom. The number of halogens is 1. The van der Waals surface area contributed by atoms with E-state index in [0.717, 1.165) is 0 Å². The van der Waals surface area contributed by atoms with Crippen LogP contribution in [0.2, 0.25) is 0 Å². The molecule has 0 saturated carbocycles. The van der Waals surface area contributed by atoms with Crippen LogP contribution in [-0.4, -0.2) is 40.6 Å². The zero-order chi connectivity index (χ0) is 19.7. The lowest BCUT2D eigenvalue weighted by atomic mass is 10.1. The van der Waals surface area contributed by atoms with Gasteiger partial charge in [-0.15, -0.1) is 0 Å². The molecule has 9 heteroatoms. The summed E-state index contributed by atoms with van der Waals surface area (Å²) in [5.41, 5.74) is 0.601. The monoisotopic (exact) mass is 406 g/mol. The number of amides is 1. The van der Waals surface area contributed by atoms with Gasteiger partial charge in [0.1, 0.15) is 19.0 Å². The Morgan fingerprint density at radius 1 is 1.07 bits per heavy atom. The van der Waals surface area contributed by atoms with Gasteiger partial charge in [0.15, 0.2) is 11.5 Å². The van der Waals surface area contributed by atoms with Gasteiger partial charge in [0.2, 0.25) is 15.9 Å². The van der Waals surface area contributed by atoms with E-state index in [2.05, 4.69) is 4.72 Å². The molecule has 2 aromatic rings. The Balaban J connectivity index is 1.41. The molecule has 1 N–H and O–H groups in total. The van der Waals surface area contributed by atoms with E-state index in [9.17, 15) is 17.6 Å². The van der Waals surface area contributed by atoms with Crippen molar-refractivity contribution in [3.05, 3.63) is 48.3 Å². The van der Waals surface area contributed by atoms with Crippen LogP contribution in [0.4, 0.5) is 10.1 Å². The van der Waals surface area contributed by atoms with Gasteiger partial charge in [-0.3, -0.25) is 4.79 Å². The van der Waals surface area contributed by atoms with Crippen molar-refractivity contribution < 1.29 is 27.1 Å². The first-order valence-corrected chi connectivity index (χ1v) is 10.4. The highest BCUT2D eigenvalue weighted by atomic mass is 32.2. The van der Waals surface area contributed by atoms with Gasteiger partial charge in [-0.1, -0.05) is 0 Å². The second-order valence-corrected chi connectivity index (χ2v) is 8.48. The Morgan fingerprint density at radius 3 is 2.54 bits per heavy atom. The predicted molar refractivity (Wildman–Crippen MR) is 99.5 cm³/mol. The zero-order valence-corrected chi connectivity index (χ0v) is 15.7. The van der Waals surface area contributed by atoms with E-state index >= 15 is 0 Å². The summed E-state index contributed by atoms with van der Waals surface area (Å²) in [5, 5.41) is 0. The summed E-state index contributed by atoms with van der Waals surface area (Å²) in [7, 11) is -3.75. The number of carbonyl (C=O) groups is 1. The van der Waals surface area contributed by atoms with Crippen LogP contribution in [0, 0.1) is 11.7 Å². The maximum atomic E-state index is 13.1. The van der Waals surface area contributed by atoms with Crippen LogP contribution in [0.25, 0.3) is 0 Å². The third-order valence-corrected chi connectivity index (χ3v) is 6.15. The molecule has 0 aromatic heterocycles. The lowest BCUT2D eigenvalue weighted by Gasteiger charge is -2.19. The van der Waals surface area contributed by atoms with Crippen LogP contribution in [-0.2, 0) is 14.8 Å². The van der Waals surface area contributed by atoms with Gasteiger partial charge in [-0.05, 0) is 42.3 Å². The van der Waals surface area contributed by atoms with Crippen molar-refractivity contribution in [1.29, 1.82) is 0 Å². The molecule has 1 amide bonds. The van der Waals surface area contributed by atoms with E-state index in [1.165, 1.54) is 36.4 Å². The number of anilines is 1. The number of rotatable bonds is 5. The van der Waals surface area contributed by atoms with E-state index in [1.807, 2.05) is 0 Å². The average Bonchev–Trinajstić information content (AvgIpc) is 3.07. The van der Waals surface area contributed by atoms with E-state index in [-0.39, 0.29) is 35.5 Å². The van der Waals surface area contributed by atoms with Crippen molar-refractivity contribution in [2.45, 2.75) is 11.3 Å². The second kappa shape index (κ2) is 7.40. The molecule has 148 valence electrons. The maximum absolute atomic E-state index is 13.1. The number of fused-ring (bicyclic) bond motifs is 1. The van der Waals surface area contributed by atoms with Gasteiger partial charge < -0.3 is 14.4 Å². The van der Waals surface area contributed by atoms with E-state index in [4.69, 9.17) is 9.47 Å². The standard InChI is InChI=1S/C19H19FN2O5S/c20-14-1-3-15(4-2-14)22-12-13(9-19(22)23)11-21-28(24,25)16-5-6-17-18(10-16)27-8-7-26-17/h1-6,10,13,21H,7-9,11-12H2/t13-/m1/s1. The molecule has 28 heavy (non-hydrogen) atoms. The number of nitrogens with zero attached hydrogens (tertiary/aromatic N) is 1. The third-order valence-electron chi connectivity index (χ3n) is 4.73. The van der Waals surface area contributed by atoms with Crippen molar-refractivity contribution in [2.75, 3.05) is 31.2 Å². The lowest BCUT2D eigenvalue weighted by molar-refractivity contribution is -0.117. The number of ether oxygens (including phenoxy) is 2. The SMILES string of the molecule is O=C1C[C@H](CNS(=O)(=O)c2ccc3c(c2)OCCO3)CN1c1ccc(F)cc1. The number of hydrogen-bond acceptors (Lipinski definition) is 5. The number of hydrogen-bond donors (Lipinski definition) is 1. The van der Waals surface area contributed by atoms with Crippen molar-refractivity contribution in [2.24, 2.45) is 5.92 Å². The van der Waals surface area contributed by atoms with Crippen LogP contribution in [0.15, 0.2) is 47.4 Å². The minimum atomic E-state index is -3.75. The molecule has 0 bridgehead atoms. The molecule has 1 saturated heterocycles. The fourth-order valence-electron chi connectivity index (χ4n) is 3.29. The Labute approximate surface area is 162 Å². The van der Waals surface area contributed by atoms with Crippen molar-refractivity contribution in [3.8, 4) is 11.5 Å². The molecule has 2 aliphatic rings. The van der Waals surface area contributed by atoms with Crippen molar-refractivity contribution in [1.82, 2.24) is 4.72 Å². The van der Waals surface area contributed by atoms with Crippen LogP contribution in [0.1, 0.15) is 6.42 Å². The number of benzene rings is 2. The molecule has 1 atom stereocenters. The van der Waals surface area contributed by atoms with E-state index in [1.54, 1.807) is 11.0 Å². The second-order valence-electron chi connectivity index (χ2n) is 6.71. The van der Waals surface area contributed by atoms with E-state index in [0.29, 0.717) is 36.9 Å². The first-order valence-electron chi connectivity index (χ1n) is 8.87. The van der Waals surface area contributed by atoms with E-state index < -0.39 is 10.0 Å². The highest BCUT2D eigenvalue weighted by Crippen LogP contribution is 2.32. The summed E-state index contributed by atoms with van der Waals surface area (Å²) in [6.45, 7) is 1.29. The Hall–Kier alpha value is -2.65. The molecule has 0 spiro atoms. The highest BCUT2D eigenvalue weighted by Gasteiger charge is 2.31. The molecule has 4 rings (SSSR count). The van der Waals surface area contributed by atoms with Gasteiger partial charge in [-0.25, -0.2) is 17.5 Å². The van der Waals surface area contributed by atoms with Crippen molar-refractivity contribution >= 4 is 21.6 Å². The summed E-state index contributed by atoms with van der Waals surface area (Å²) in [6, 6.07) is 10.1. The fraction of sp³-hybridized carbons (Fsp3) is 0.316. The van der Waals surface area contributed by atoms with Gasteiger partial charge in [0.25, 0.3) is 0 Å². The molecule has 7 nitrogen and oxygen atoms in total. The largest absolute Gasteiger partial charge is 0.486 e. The fourth-order valence-corrected chi connectivity index (χ4v) is 4.42. The minimum absolute atomic E-state index is 0.0801. The smallest absolute Gasteiger partial charge is 0.240 e. The molecule has 2 heterocycles. The molecule has 2 aromatic carbocycles. The Kier molecular flexibility index (Phi) is 4.94. The summed E-state index contributed by atoms with van der Waals surface area (Å²) in [4.78, 5) is 13.9. The van der Waals surface area contributed by atoms with Gasteiger partial charge >= 0.3 is 0 Å². The molecule has 0 radical (unpaired) electrons. The summed E-state index contributed by atoms with van der Waals surface area (Å²) < 4.78 is 51.7. The van der Waals surface area contributed by atoms with Crippen LogP contribution in [0.3, 0.4) is 0 Å². The molecule has 2 aliphatic heterocycles. The van der Waals surface area contributed by atoms with Crippen molar-refractivity contribution in [3.63, 3.8) is 0 Å². The number of sulfonamides is 1. The Bertz CT molecular complexity index is 994. The van der Waals surface area contributed by atoms with Crippen LogP contribution in [0.5, 0.6) is 11.5 Å². The third kappa shape index (κ3) is 3.81. The first-order chi connectivity index (χ1) is 13.4. The molecular weight excluding hydrogens is 387 g/mol. The van der Waals surface area contributed by atoms with Crippen LogP contribution < -0.4 is 19.1 Å². The summed E-state index contributed by atoms with van der Waals surface area (Å²) in [5.74, 6) is 0.244. The van der Waals surface area contributed by atoms with Gasteiger partial charge in [0.05, 0.1) is 4.90 Å². The topological polar surface area (TPSA) is 84.9 Å². The molecule has 0 aliphatic carbocycles. The zero-order valence-electron chi connectivity index (χ0n) is 14.9.